The molecule has 0 saturated heterocycles. The average molecular weight is 189 g/mol. The van der Waals surface area contributed by atoms with E-state index in [4.69, 9.17) is 5.84 Å². The lowest BCUT2D eigenvalue weighted by Crippen LogP contribution is -2.32. The normalized spacial score (nSPS) is 8.08. The number of carbonyl (C=O) groups is 1. The molecule has 0 spiro atoms. The average Bonchev–Trinajstić information content (AvgIpc) is 2.06. The van der Waals surface area contributed by atoms with E-state index in [2.05, 4.69) is 4.74 Å². The van der Waals surface area contributed by atoms with E-state index in [0.717, 1.165) is 0 Å². The van der Waals surface area contributed by atoms with Crippen LogP contribution in [0.15, 0.2) is 30.3 Å². The second-order valence-corrected chi connectivity index (χ2v) is 1.85. The Labute approximate surface area is 76.1 Å². The molecule has 1 aromatic rings. The van der Waals surface area contributed by atoms with Crippen molar-refractivity contribution in [2.75, 3.05) is 0 Å². The molecule has 0 heterocycles. The summed E-state index contributed by atoms with van der Waals surface area (Å²) in [6.07, 6.45) is -0.670. The highest BCUT2D eigenvalue weighted by atomic mass is 35.5. The summed E-state index contributed by atoms with van der Waals surface area (Å²) in [6, 6.07) is 8.68. The minimum Gasteiger partial charge on any atom is -0.409 e. The Morgan fingerprint density at radius 1 is 1.33 bits per heavy atom. The number of amides is 1. The Morgan fingerprint density at radius 3 is 2.42 bits per heavy atom. The zero-order valence-electron chi connectivity index (χ0n) is 6.19. The minimum atomic E-state index is -0.670. The molecule has 0 radical (unpaired) electrons. The Morgan fingerprint density at radius 2 is 1.92 bits per heavy atom. The van der Waals surface area contributed by atoms with Crippen LogP contribution in [0.5, 0.6) is 5.75 Å². The number of nitrogens with two attached hydrogens (primary N) is 1. The van der Waals surface area contributed by atoms with Crippen molar-refractivity contribution in [1.29, 1.82) is 0 Å². The van der Waals surface area contributed by atoms with Crippen molar-refractivity contribution in [2.45, 2.75) is 0 Å². The molecule has 4 nitrogen and oxygen atoms in total. The van der Waals surface area contributed by atoms with Gasteiger partial charge in [0, 0.05) is 0 Å². The van der Waals surface area contributed by atoms with Gasteiger partial charge in [0.25, 0.3) is 0 Å². The van der Waals surface area contributed by atoms with Gasteiger partial charge >= 0.3 is 6.09 Å². The number of carbonyl (C=O) groups excluding carboxylic acids is 1. The van der Waals surface area contributed by atoms with Crippen LogP contribution in [-0.2, 0) is 0 Å². The first-order chi connectivity index (χ1) is 5.33. The Hall–Kier alpha value is -1.26. The van der Waals surface area contributed by atoms with Crippen LogP contribution in [0.4, 0.5) is 4.79 Å². The number of benzene rings is 1. The van der Waals surface area contributed by atoms with Crippen molar-refractivity contribution < 1.29 is 9.53 Å². The lowest BCUT2D eigenvalue weighted by molar-refractivity contribution is 0.200. The number of para-hydroxylation sites is 1. The number of hydrogen-bond donors (Lipinski definition) is 2. The molecule has 0 saturated carbocycles. The number of halogens is 1. The molecule has 12 heavy (non-hydrogen) atoms. The number of rotatable bonds is 1. The monoisotopic (exact) mass is 188 g/mol. The van der Waals surface area contributed by atoms with Crippen LogP contribution in [0.25, 0.3) is 0 Å². The number of ether oxygens (including phenoxy) is 1. The fourth-order valence-electron chi connectivity index (χ4n) is 0.625. The largest absolute Gasteiger partial charge is 0.426 e. The van der Waals surface area contributed by atoms with Gasteiger partial charge in [-0.15, -0.1) is 12.4 Å². The standard InChI is InChI=1S/C7H8N2O2.ClH/c8-9-7(10)11-6-4-2-1-3-5-6;/h1-5H,8H2,(H,9,10);1H. The van der Waals surface area contributed by atoms with Crippen molar-refractivity contribution in [3.63, 3.8) is 0 Å². The van der Waals surface area contributed by atoms with E-state index in [9.17, 15) is 4.79 Å². The Bertz CT molecular complexity index is 240. The second-order valence-electron chi connectivity index (χ2n) is 1.85. The molecule has 3 N–H and O–H groups in total. The van der Waals surface area contributed by atoms with E-state index in [1.807, 2.05) is 11.5 Å². The molecule has 0 unspecified atom stereocenters. The molecule has 0 fully saturated rings. The van der Waals surface area contributed by atoms with Gasteiger partial charge in [0.1, 0.15) is 5.75 Å². The van der Waals surface area contributed by atoms with Crippen LogP contribution >= 0.6 is 12.4 Å². The van der Waals surface area contributed by atoms with E-state index in [1.165, 1.54) is 0 Å². The van der Waals surface area contributed by atoms with Gasteiger partial charge in [-0.1, -0.05) is 18.2 Å². The first-order valence-corrected chi connectivity index (χ1v) is 3.06. The summed E-state index contributed by atoms with van der Waals surface area (Å²) in [6.45, 7) is 0. The van der Waals surface area contributed by atoms with Gasteiger partial charge < -0.3 is 4.74 Å². The van der Waals surface area contributed by atoms with E-state index in [0.29, 0.717) is 5.75 Å². The SMILES string of the molecule is Cl.NNC(=O)Oc1ccccc1. The topological polar surface area (TPSA) is 64.3 Å². The van der Waals surface area contributed by atoms with Crippen LogP contribution in [0, 0.1) is 0 Å². The van der Waals surface area contributed by atoms with Crippen molar-refractivity contribution in [3.8, 4) is 5.75 Å². The molecule has 5 heteroatoms. The molecule has 0 atom stereocenters. The highest BCUT2D eigenvalue weighted by Crippen LogP contribution is 2.07. The van der Waals surface area contributed by atoms with E-state index >= 15 is 0 Å². The number of hydrogen-bond acceptors (Lipinski definition) is 3. The Balaban J connectivity index is 0.00000121. The number of nitrogens with one attached hydrogen (secondary N) is 1. The predicted octanol–water partition coefficient (Wildman–Crippen LogP) is 1.07. The quantitative estimate of drug-likeness (QED) is 0.394. The minimum absolute atomic E-state index is 0. The zero-order chi connectivity index (χ0) is 8.10. The van der Waals surface area contributed by atoms with Crippen molar-refractivity contribution in [3.05, 3.63) is 30.3 Å². The Kier molecular flexibility index (Phi) is 4.83. The predicted molar refractivity (Wildman–Crippen MR) is 47.0 cm³/mol. The molecular formula is C7H9ClN2O2. The van der Waals surface area contributed by atoms with Gasteiger partial charge in [-0.3, -0.25) is 5.43 Å². The fraction of sp³-hybridized carbons (Fsp3) is 0. The molecule has 1 amide bonds. The maximum Gasteiger partial charge on any atom is 0.426 e. The van der Waals surface area contributed by atoms with Crippen LogP contribution in [0.1, 0.15) is 0 Å². The smallest absolute Gasteiger partial charge is 0.409 e. The molecule has 0 aliphatic heterocycles. The maximum atomic E-state index is 10.5. The van der Waals surface area contributed by atoms with Gasteiger partial charge in [0.15, 0.2) is 0 Å². The van der Waals surface area contributed by atoms with E-state index in [1.54, 1.807) is 24.3 Å². The van der Waals surface area contributed by atoms with Crippen LogP contribution in [0.2, 0.25) is 0 Å². The summed E-state index contributed by atoms with van der Waals surface area (Å²) in [5.74, 6) is 5.26. The zero-order valence-corrected chi connectivity index (χ0v) is 7.01. The van der Waals surface area contributed by atoms with Gasteiger partial charge in [-0.2, -0.15) is 0 Å². The number of hydrazine groups is 1. The third kappa shape index (κ3) is 3.23. The lowest BCUT2D eigenvalue weighted by Gasteiger charge is -2.00. The highest BCUT2D eigenvalue weighted by molar-refractivity contribution is 5.85. The third-order valence-electron chi connectivity index (χ3n) is 1.07. The first kappa shape index (κ1) is 10.7. The first-order valence-electron chi connectivity index (χ1n) is 3.06. The fourth-order valence-corrected chi connectivity index (χ4v) is 0.625. The highest BCUT2D eigenvalue weighted by Gasteiger charge is 1.98. The molecule has 66 valence electrons. The van der Waals surface area contributed by atoms with Gasteiger partial charge in [-0.05, 0) is 12.1 Å². The van der Waals surface area contributed by atoms with Gasteiger partial charge in [-0.25, -0.2) is 10.6 Å². The summed E-state index contributed by atoms with van der Waals surface area (Å²) >= 11 is 0. The van der Waals surface area contributed by atoms with Crippen molar-refractivity contribution in [1.82, 2.24) is 5.43 Å². The molecule has 0 aliphatic rings. The third-order valence-corrected chi connectivity index (χ3v) is 1.07. The molecule has 0 bridgehead atoms. The molecule has 1 aromatic carbocycles. The van der Waals surface area contributed by atoms with Crippen LogP contribution in [0.3, 0.4) is 0 Å². The molecule has 0 aliphatic carbocycles. The van der Waals surface area contributed by atoms with E-state index < -0.39 is 6.09 Å². The van der Waals surface area contributed by atoms with E-state index in [-0.39, 0.29) is 12.4 Å². The van der Waals surface area contributed by atoms with Gasteiger partial charge in [0.2, 0.25) is 0 Å². The van der Waals surface area contributed by atoms with Crippen LogP contribution < -0.4 is 16.0 Å². The van der Waals surface area contributed by atoms with Gasteiger partial charge in [0.05, 0.1) is 0 Å². The summed E-state index contributed by atoms with van der Waals surface area (Å²) in [7, 11) is 0. The molecule has 1 rings (SSSR count). The maximum absolute atomic E-state index is 10.5. The molecular weight excluding hydrogens is 180 g/mol. The lowest BCUT2D eigenvalue weighted by atomic mass is 10.3. The van der Waals surface area contributed by atoms with Crippen LogP contribution in [-0.4, -0.2) is 6.09 Å². The van der Waals surface area contributed by atoms with Crippen molar-refractivity contribution in [2.24, 2.45) is 5.84 Å². The summed E-state index contributed by atoms with van der Waals surface area (Å²) in [4.78, 5) is 10.5. The molecule has 0 aromatic heterocycles. The summed E-state index contributed by atoms with van der Waals surface area (Å²) in [5, 5.41) is 0. The van der Waals surface area contributed by atoms with Crippen molar-refractivity contribution >= 4 is 18.5 Å². The second kappa shape index (κ2) is 5.40. The summed E-state index contributed by atoms with van der Waals surface area (Å²) < 4.78 is 4.69. The summed E-state index contributed by atoms with van der Waals surface area (Å²) in [5.41, 5.74) is 1.85.